The summed E-state index contributed by atoms with van der Waals surface area (Å²) in [5.41, 5.74) is 0.820. The second-order valence-electron chi connectivity index (χ2n) is 7.23. The number of carbonyl (C=O) groups excluding carboxylic acids is 1. The number of nitrogens with zero attached hydrogens (tertiary/aromatic N) is 2. The second kappa shape index (κ2) is 9.12. The molecule has 1 aliphatic heterocycles. The topological polar surface area (TPSA) is 93.6 Å². The number of ether oxygens (including phenoxy) is 2. The predicted molar refractivity (Wildman–Crippen MR) is 108 cm³/mol. The van der Waals surface area contributed by atoms with E-state index >= 15 is 0 Å². The van der Waals surface area contributed by atoms with Gasteiger partial charge < -0.3 is 19.9 Å². The van der Waals surface area contributed by atoms with Gasteiger partial charge >= 0.3 is 6.36 Å². The Labute approximate surface area is 185 Å². The molecule has 172 valence electrons. The standard InChI is InChI=1S/C22H17F4N3O4/c23-14-3-1-2-13(8-14)20-27-16(12-4-6-15(7-5-12)33-22(24,25)26)9-17(28-20)21(31)29-18-10-32-11-19(18)30/h1-9,18-19,30H,10-11H2,(H,29,31)/t18-,19+/m0/s1. The van der Waals surface area contributed by atoms with Crippen LogP contribution >= 0.6 is 0 Å². The third-order valence-electron chi connectivity index (χ3n) is 4.79. The van der Waals surface area contributed by atoms with Gasteiger partial charge in [-0.05, 0) is 42.5 Å². The summed E-state index contributed by atoms with van der Waals surface area (Å²) in [5, 5.41) is 12.5. The monoisotopic (exact) mass is 463 g/mol. The normalized spacial score (nSPS) is 18.2. The summed E-state index contributed by atoms with van der Waals surface area (Å²) in [5.74, 6) is -1.54. The zero-order valence-corrected chi connectivity index (χ0v) is 16.8. The van der Waals surface area contributed by atoms with Crippen LogP contribution in [0.5, 0.6) is 5.75 Å². The van der Waals surface area contributed by atoms with Crippen LogP contribution in [0.2, 0.25) is 0 Å². The number of benzene rings is 2. The minimum absolute atomic E-state index is 0.0380. The van der Waals surface area contributed by atoms with Crippen molar-refractivity contribution in [2.75, 3.05) is 13.2 Å². The zero-order valence-electron chi connectivity index (χ0n) is 16.8. The maximum Gasteiger partial charge on any atom is 0.573 e. The van der Waals surface area contributed by atoms with Gasteiger partial charge in [-0.15, -0.1) is 13.2 Å². The smallest absolute Gasteiger partial charge is 0.406 e. The summed E-state index contributed by atoms with van der Waals surface area (Å²) < 4.78 is 60.0. The lowest BCUT2D eigenvalue weighted by Crippen LogP contribution is -2.42. The summed E-state index contributed by atoms with van der Waals surface area (Å²) in [6, 6.07) is 11.1. The van der Waals surface area contributed by atoms with Gasteiger partial charge in [0.1, 0.15) is 17.3 Å². The number of alkyl halides is 3. The summed E-state index contributed by atoms with van der Waals surface area (Å²) in [4.78, 5) is 21.4. The Balaban J connectivity index is 1.70. The molecular formula is C22H17F4N3O4. The molecule has 1 aromatic heterocycles. The second-order valence-corrected chi connectivity index (χ2v) is 7.23. The van der Waals surface area contributed by atoms with Crippen molar-refractivity contribution in [2.24, 2.45) is 0 Å². The molecule has 1 fully saturated rings. The van der Waals surface area contributed by atoms with E-state index in [2.05, 4.69) is 20.0 Å². The number of aliphatic hydroxyl groups excluding tert-OH is 1. The van der Waals surface area contributed by atoms with E-state index in [0.717, 1.165) is 12.1 Å². The van der Waals surface area contributed by atoms with E-state index in [9.17, 15) is 27.5 Å². The Kier molecular flexibility index (Phi) is 6.25. The first-order valence-electron chi connectivity index (χ1n) is 9.76. The number of halogens is 4. The zero-order chi connectivity index (χ0) is 23.6. The van der Waals surface area contributed by atoms with Crippen molar-refractivity contribution < 1.29 is 36.9 Å². The third-order valence-corrected chi connectivity index (χ3v) is 4.79. The Morgan fingerprint density at radius 2 is 1.82 bits per heavy atom. The van der Waals surface area contributed by atoms with E-state index in [4.69, 9.17) is 4.74 Å². The number of aromatic nitrogens is 2. The Morgan fingerprint density at radius 1 is 1.06 bits per heavy atom. The van der Waals surface area contributed by atoms with E-state index in [1.807, 2.05) is 0 Å². The van der Waals surface area contributed by atoms with Gasteiger partial charge in [0, 0.05) is 11.1 Å². The average Bonchev–Trinajstić information content (AvgIpc) is 3.17. The van der Waals surface area contributed by atoms with Crippen LogP contribution in [-0.4, -0.2) is 52.7 Å². The minimum Gasteiger partial charge on any atom is -0.406 e. The van der Waals surface area contributed by atoms with Crippen molar-refractivity contribution in [3.63, 3.8) is 0 Å². The van der Waals surface area contributed by atoms with Crippen LogP contribution < -0.4 is 10.1 Å². The Morgan fingerprint density at radius 3 is 2.45 bits per heavy atom. The fourth-order valence-corrected chi connectivity index (χ4v) is 3.22. The number of aliphatic hydroxyl groups is 1. The molecule has 11 heteroatoms. The van der Waals surface area contributed by atoms with Crippen molar-refractivity contribution in [3.8, 4) is 28.4 Å². The molecule has 1 amide bonds. The van der Waals surface area contributed by atoms with Gasteiger partial charge in [-0.2, -0.15) is 0 Å². The quantitative estimate of drug-likeness (QED) is 0.564. The molecule has 0 aliphatic carbocycles. The lowest BCUT2D eigenvalue weighted by atomic mass is 10.1. The van der Waals surface area contributed by atoms with Gasteiger partial charge in [-0.1, -0.05) is 12.1 Å². The van der Waals surface area contributed by atoms with Crippen molar-refractivity contribution in [1.29, 1.82) is 0 Å². The van der Waals surface area contributed by atoms with Gasteiger partial charge in [-0.25, -0.2) is 14.4 Å². The number of amides is 1. The molecule has 2 atom stereocenters. The molecule has 1 saturated heterocycles. The molecule has 2 N–H and O–H groups in total. The van der Waals surface area contributed by atoms with Crippen LogP contribution in [0.3, 0.4) is 0 Å². The van der Waals surface area contributed by atoms with Crippen molar-refractivity contribution in [3.05, 3.63) is 66.1 Å². The van der Waals surface area contributed by atoms with E-state index in [1.54, 1.807) is 6.07 Å². The maximum absolute atomic E-state index is 13.7. The Bertz CT molecular complexity index is 1160. The maximum atomic E-state index is 13.7. The van der Waals surface area contributed by atoms with E-state index in [-0.39, 0.29) is 30.4 Å². The van der Waals surface area contributed by atoms with Crippen molar-refractivity contribution >= 4 is 5.91 Å². The Hall–Kier alpha value is -3.57. The summed E-state index contributed by atoms with van der Waals surface area (Å²) in [6.07, 6.45) is -5.71. The largest absolute Gasteiger partial charge is 0.573 e. The van der Waals surface area contributed by atoms with Gasteiger partial charge in [-0.3, -0.25) is 4.79 Å². The van der Waals surface area contributed by atoms with E-state index in [1.165, 1.54) is 36.4 Å². The van der Waals surface area contributed by atoms with Crippen molar-refractivity contribution in [1.82, 2.24) is 15.3 Å². The molecule has 33 heavy (non-hydrogen) atoms. The van der Waals surface area contributed by atoms with Crippen LogP contribution in [0, 0.1) is 5.82 Å². The number of hydrogen-bond donors (Lipinski definition) is 2. The van der Waals surface area contributed by atoms with Gasteiger partial charge in [0.05, 0.1) is 31.1 Å². The van der Waals surface area contributed by atoms with Crippen LogP contribution in [0.15, 0.2) is 54.6 Å². The molecule has 4 rings (SSSR count). The predicted octanol–water partition coefficient (Wildman–Crippen LogP) is 3.34. The molecule has 3 aromatic rings. The van der Waals surface area contributed by atoms with E-state index < -0.39 is 36.0 Å². The van der Waals surface area contributed by atoms with Gasteiger partial charge in [0.15, 0.2) is 5.82 Å². The van der Waals surface area contributed by atoms with Gasteiger partial charge in [0.25, 0.3) is 5.91 Å². The first kappa shape index (κ1) is 22.6. The van der Waals surface area contributed by atoms with Crippen LogP contribution in [0.1, 0.15) is 10.5 Å². The number of rotatable bonds is 5. The fraction of sp³-hybridized carbons (Fsp3) is 0.227. The summed E-state index contributed by atoms with van der Waals surface area (Å²) >= 11 is 0. The fourth-order valence-electron chi connectivity index (χ4n) is 3.22. The number of hydrogen-bond acceptors (Lipinski definition) is 6. The minimum atomic E-state index is -4.83. The number of carbonyl (C=O) groups is 1. The summed E-state index contributed by atoms with van der Waals surface area (Å²) in [7, 11) is 0. The van der Waals surface area contributed by atoms with Crippen LogP contribution in [0.4, 0.5) is 17.6 Å². The summed E-state index contributed by atoms with van der Waals surface area (Å²) in [6.45, 7) is 0.211. The SMILES string of the molecule is O=C(N[C@H]1COC[C@H]1O)c1cc(-c2ccc(OC(F)(F)F)cc2)nc(-c2cccc(F)c2)n1. The molecular weight excluding hydrogens is 446 g/mol. The van der Waals surface area contributed by atoms with Crippen molar-refractivity contribution in [2.45, 2.75) is 18.5 Å². The lowest BCUT2D eigenvalue weighted by molar-refractivity contribution is -0.274. The molecule has 7 nitrogen and oxygen atoms in total. The molecule has 0 spiro atoms. The van der Waals surface area contributed by atoms with Gasteiger partial charge in [0.2, 0.25) is 0 Å². The first-order chi connectivity index (χ1) is 15.7. The molecule has 0 radical (unpaired) electrons. The number of nitrogens with one attached hydrogen (secondary N) is 1. The highest BCUT2D eigenvalue weighted by atomic mass is 19.4. The highest BCUT2D eigenvalue weighted by Crippen LogP contribution is 2.27. The van der Waals surface area contributed by atoms with Crippen LogP contribution in [-0.2, 0) is 4.74 Å². The molecule has 2 heterocycles. The molecule has 0 unspecified atom stereocenters. The lowest BCUT2D eigenvalue weighted by Gasteiger charge is -2.15. The third kappa shape index (κ3) is 5.62. The van der Waals surface area contributed by atoms with Crippen LogP contribution in [0.25, 0.3) is 22.6 Å². The average molecular weight is 463 g/mol. The molecule has 0 bridgehead atoms. The molecule has 2 aromatic carbocycles. The molecule has 1 aliphatic rings. The van der Waals surface area contributed by atoms with E-state index in [0.29, 0.717) is 11.1 Å². The molecule has 0 saturated carbocycles. The first-order valence-corrected chi connectivity index (χ1v) is 9.76. The highest BCUT2D eigenvalue weighted by Gasteiger charge is 2.31. The highest BCUT2D eigenvalue weighted by molar-refractivity contribution is 5.94.